The molecule has 3 rings (SSSR count). The average Bonchev–Trinajstić information content (AvgIpc) is 3.15. The number of nitrogens with zero attached hydrogens (tertiary/aromatic N) is 2. The fraction of sp³-hybridized carbons (Fsp3) is 0.0952. The van der Waals surface area contributed by atoms with Crippen molar-refractivity contribution >= 4 is 41.1 Å². The van der Waals surface area contributed by atoms with E-state index in [0.717, 1.165) is 0 Å². The number of carboxylic acid groups (broad SMARTS) is 1. The number of carbonyl (C=O) groups excluding carboxylic acids is 1. The zero-order valence-corrected chi connectivity index (χ0v) is 16.8. The Hall–Kier alpha value is -3.85. The van der Waals surface area contributed by atoms with E-state index >= 15 is 0 Å². The minimum Gasteiger partial charge on any atom is -0.492 e. The van der Waals surface area contributed by atoms with Crippen LogP contribution in [0.3, 0.4) is 0 Å². The molecular weight excluding hydrogens is 427 g/mol. The van der Waals surface area contributed by atoms with Gasteiger partial charge in [-0.05, 0) is 30.3 Å². The average molecular weight is 445 g/mol. The molecule has 2 amide bonds. The molecule has 0 spiro atoms. The van der Waals surface area contributed by atoms with Crippen LogP contribution in [0.1, 0.15) is 5.56 Å². The lowest BCUT2D eigenvalue weighted by molar-refractivity contribution is -0.111. The second kappa shape index (κ2) is 10.3. The van der Waals surface area contributed by atoms with E-state index in [1.807, 2.05) is 0 Å². The van der Waals surface area contributed by atoms with E-state index in [2.05, 4.69) is 15.7 Å². The van der Waals surface area contributed by atoms with Crippen molar-refractivity contribution < 1.29 is 23.8 Å². The van der Waals surface area contributed by atoms with Crippen molar-refractivity contribution in [3.05, 3.63) is 77.3 Å². The molecule has 1 heterocycles. The van der Waals surface area contributed by atoms with E-state index < -0.39 is 17.8 Å². The summed E-state index contributed by atoms with van der Waals surface area (Å²) in [5.74, 6) is -0.584. The number of hydrogen-bond acceptors (Lipinski definition) is 4. The third kappa shape index (κ3) is 6.86. The standard InChI is InChI=1S/C21H18ClFN4O4/c22-15-9-16(23)11-17(10-15)31-8-7-27-13-14(12-24-27)5-6-20(28)25-18-3-1-2-4-19(18)26-21(29)30/h1-6,9-13,26H,7-8H2,(H,25,28)(H,29,30). The number of halogens is 2. The maximum atomic E-state index is 13.3. The van der Waals surface area contributed by atoms with E-state index in [1.54, 1.807) is 41.4 Å². The maximum Gasteiger partial charge on any atom is 0.409 e. The van der Waals surface area contributed by atoms with Crippen molar-refractivity contribution in [2.75, 3.05) is 17.2 Å². The Morgan fingerprint density at radius 1 is 1.19 bits per heavy atom. The van der Waals surface area contributed by atoms with Crippen LogP contribution < -0.4 is 15.4 Å². The van der Waals surface area contributed by atoms with Crippen LogP contribution in [0.15, 0.2) is 60.9 Å². The molecule has 0 radical (unpaired) electrons. The molecule has 10 heteroatoms. The minimum atomic E-state index is -1.23. The monoisotopic (exact) mass is 444 g/mol. The third-order valence-corrected chi connectivity index (χ3v) is 4.15. The van der Waals surface area contributed by atoms with Crippen molar-refractivity contribution in [3.63, 3.8) is 0 Å². The van der Waals surface area contributed by atoms with Gasteiger partial charge < -0.3 is 15.2 Å². The number of anilines is 2. The van der Waals surface area contributed by atoms with Crippen LogP contribution in [-0.4, -0.2) is 33.5 Å². The number of amides is 2. The van der Waals surface area contributed by atoms with E-state index in [0.29, 0.717) is 23.5 Å². The highest BCUT2D eigenvalue weighted by atomic mass is 35.5. The Labute approximate surface area is 181 Å². The SMILES string of the molecule is O=C(O)Nc1ccccc1NC(=O)C=Cc1cnn(CCOc2cc(F)cc(Cl)c2)c1. The molecule has 3 N–H and O–H groups in total. The van der Waals surface area contributed by atoms with E-state index in [-0.39, 0.29) is 17.3 Å². The largest absolute Gasteiger partial charge is 0.492 e. The van der Waals surface area contributed by atoms with Crippen molar-refractivity contribution in [2.45, 2.75) is 6.54 Å². The Morgan fingerprint density at radius 2 is 1.94 bits per heavy atom. The molecule has 0 fully saturated rings. The first-order chi connectivity index (χ1) is 14.9. The molecule has 0 bridgehead atoms. The summed E-state index contributed by atoms with van der Waals surface area (Å²) >= 11 is 5.78. The summed E-state index contributed by atoms with van der Waals surface area (Å²) in [7, 11) is 0. The Kier molecular flexibility index (Phi) is 7.23. The van der Waals surface area contributed by atoms with E-state index in [4.69, 9.17) is 21.4 Å². The van der Waals surface area contributed by atoms with Crippen LogP contribution in [0.2, 0.25) is 5.02 Å². The lowest BCUT2D eigenvalue weighted by Crippen LogP contribution is -2.13. The van der Waals surface area contributed by atoms with Gasteiger partial charge in [0.2, 0.25) is 5.91 Å². The molecule has 0 aliphatic heterocycles. The highest BCUT2D eigenvalue weighted by molar-refractivity contribution is 6.30. The van der Waals surface area contributed by atoms with Crippen LogP contribution in [-0.2, 0) is 11.3 Å². The first kappa shape index (κ1) is 21.8. The van der Waals surface area contributed by atoms with Gasteiger partial charge in [0.05, 0.1) is 24.1 Å². The molecule has 0 aliphatic rings. The number of benzene rings is 2. The third-order valence-electron chi connectivity index (χ3n) is 3.93. The molecular formula is C21H18ClFN4O4. The smallest absolute Gasteiger partial charge is 0.409 e. The summed E-state index contributed by atoms with van der Waals surface area (Å²) in [6.45, 7) is 0.654. The van der Waals surface area contributed by atoms with Gasteiger partial charge in [-0.25, -0.2) is 9.18 Å². The summed E-state index contributed by atoms with van der Waals surface area (Å²) in [5.41, 5.74) is 1.29. The van der Waals surface area contributed by atoms with Crippen LogP contribution in [0.4, 0.5) is 20.6 Å². The summed E-state index contributed by atoms with van der Waals surface area (Å²) in [6.07, 6.45) is 4.94. The van der Waals surface area contributed by atoms with Crippen molar-refractivity contribution in [2.24, 2.45) is 0 Å². The summed E-state index contributed by atoms with van der Waals surface area (Å²) in [6, 6.07) is 10.4. The number of ether oxygens (including phenoxy) is 1. The Bertz CT molecular complexity index is 1100. The van der Waals surface area contributed by atoms with Gasteiger partial charge in [-0.3, -0.25) is 14.8 Å². The predicted molar refractivity (Wildman–Crippen MR) is 115 cm³/mol. The van der Waals surface area contributed by atoms with E-state index in [9.17, 15) is 14.0 Å². The molecule has 0 atom stereocenters. The first-order valence-corrected chi connectivity index (χ1v) is 9.46. The lowest BCUT2D eigenvalue weighted by Gasteiger charge is -2.08. The Morgan fingerprint density at radius 3 is 2.65 bits per heavy atom. The zero-order chi connectivity index (χ0) is 22.2. The van der Waals surface area contributed by atoms with Crippen molar-refractivity contribution in [3.8, 4) is 5.75 Å². The fourth-order valence-electron chi connectivity index (χ4n) is 2.62. The van der Waals surface area contributed by atoms with E-state index in [1.165, 1.54) is 30.3 Å². The van der Waals surface area contributed by atoms with Crippen molar-refractivity contribution in [1.29, 1.82) is 0 Å². The van der Waals surface area contributed by atoms with Gasteiger partial charge in [0.25, 0.3) is 0 Å². The normalized spacial score (nSPS) is 10.8. The second-order valence-corrected chi connectivity index (χ2v) is 6.73. The summed E-state index contributed by atoms with van der Waals surface area (Å²) in [4.78, 5) is 23.0. The van der Waals surface area contributed by atoms with Gasteiger partial charge in [0.15, 0.2) is 0 Å². The highest BCUT2D eigenvalue weighted by Crippen LogP contribution is 2.21. The number of hydrogen-bond donors (Lipinski definition) is 3. The second-order valence-electron chi connectivity index (χ2n) is 6.29. The predicted octanol–water partition coefficient (Wildman–Crippen LogP) is 4.50. The number of para-hydroxylation sites is 2. The van der Waals surface area contributed by atoms with Crippen LogP contribution in [0.5, 0.6) is 5.75 Å². The van der Waals surface area contributed by atoms with Gasteiger partial charge in [0, 0.05) is 28.9 Å². The van der Waals surface area contributed by atoms with Crippen molar-refractivity contribution in [1.82, 2.24) is 9.78 Å². The highest BCUT2D eigenvalue weighted by Gasteiger charge is 2.07. The van der Waals surface area contributed by atoms with Crippen LogP contribution >= 0.6 is 11.6 Å². The topological polar surface area (TPSA) is 105 Å². The van der Waals surface area contributed by atoms with Gasteiger partial charge in [-0.1, -0.05) is 23.7 Å². The summed E-state index contributed by atoms with van der Waals surface area (Å²) in [5, 5.41) is 18.1. The molecule has 8 nitrogen and oxygen atoms in total. The maximum absolute atomic E-state index is 13.3. The Balaban J connectivity index is 1.52. The molecule has 1 aromatic heterocycles. The number of nitrogens with one attached hydrogen (secondary N) is 2. The molecule has 0 unspecified atom stereocenters. The van der Waals surface area contributed by atoms with Gasteiger partial charge >= 0.3 is 6.09 Å². The van der Waals surface area contributed by atoms with Crippen LogP contribution in [0.25, 0.3) is 6.08 Å². The van der Waals surface area contributed by atoms with Gasteiger partial charge in [0.1, 0.15) is 18.2 Å². The number of aromatic nitrogens is 2. The molecule has 31 heavy (non-hydrogen) atoms. The number of carbonyl (C=O) groups is 2. The van der Waals surface area contributed by atoms with Gasteiger partial charge in [-0.15, -0.1) is 0 Å². The molecule has 0 saturated heterocycles. The molecule has 3 aromatic rings. The number of rotatable bonds is 8. The first-order valence-electron chi connectivity index (χ1n) is 9.08. The molecule has 0 saturated carbocycles. The quantitative estimate of drug-likeness (QED) is 0.444. The zero-order valence-electron chi connectivity index (χ0n) is 16.1. The minimum absolute atomic E-state index is 0.248. The van der Waals surface area contributed by atoms with Crippen LogP contribution in [0, 0.1) is 5.82 Å². The molecule has 2 aromatic carbocycles. The molecule has 0 aliphatic carbocycles. The summed E-state index contributed by atoms with van der Waals surface area (Å²) < 4.78 is 20.4. The fourth-order valence-corrected chi connectivity index (χ4v) is 2.83. The molecule has 160 valence electrons. The lowest BCUT2D eigenvalue weighted by atomic mass is 10.2. The van der Waals surface area contributed by atoms with Gasteiger partial charge in [-0.2, -0.15) is 5.10 Å².